The Labute approximate surface area is 90.1 Å². The van der Waals surface area contributed by atoms with Crippen LogP contribution in [0.25, 0.3) is 0 Å². The van der Waals surface area contributed by atoms with Crippen LogP contribution >= 0.6 is 34.2 Å². The van der Waals surface area contributed by atoms with E-state index in [4.69, 9.17) is 11.6 Å². The summed E-state index contributed by atoms with van der Waals surface area (Å²) in [4.78, 5) is 8.16. The molecule has 0 aromatic carbocycles. The quantitative estimate of drug-likeness (QED) is 0.686. The molecule has 0 spiro atoms. The van der Waals surface area contributed by atoms with E-state index in [1.54, 1.807) is 12.4 Å². The van der Waals surface area contributed by atoms with Crippen LogP contribution in [0.1, 0.15) is 6.92 Å². The van der Waals surface area contributed by atoms with Crippen molar-refractivity contribution in [3.05, 3.63) is 16.0 Å². The number of anilines is 1. The highest BCUT2D eigenvalue weighted by Gasteiger charge is 2.00. The minimum Gasteiger partial charge on any atom is -0.351 e. The second-order valence-corrected chi connectivity index (χ2v) is 3.98. The van der Waals surface area contributed by atoms with Crippen LogP contribution in [0, 0.1) is 3.57 Å². The zero-order chi connectivity index (χ0) is 8.97. The third kappa shape index (κ3) is 3.10. The molecule has 12 heavy (non-hydrogen) atoms. The van der Waals surface area contributed by atoms with Crippen LogP contribution in [0.4, 0.5) is 5.95 Å². The van der Waals surface area contributed by atoms with Crippen molar-refractivity contribution in [2.45, 2.75) is 13.0 Å². The topological polar surface area (TPSA) is 37.8 Å². The number of nitrogens with zero attached hydrogens (tertiary/aromatic N) is 2. The van der Waals surface area contributed by atoms with E-state index in [0.717, 1.165) is 3.57 Å². The summed E-state index contributed by atoms with van der Waals surface area (Å²) in [5, 5.41) is 3.06. The summed E-state index contributed by atoms with van der Waals surface area (Å²) < 4.78 is 1.02. The lowest BCUT2D eigenvalue weighted by atomic mass is 10.4. The van der Waals surface area contributed by atoms with Crippen molar-refractivity contribution in [2.24, 2.45) is 0 Å². The van der Waals surface area contributed by atoms with Crippen molar-refractivity contribution >= 4 is 40.1 Å². The lowest BCUT2D eigenvalue weighted by Crippen LogP contribution is -2.18. The Morgan fingerprint density at radius 2 is 2.17 bits per heavy atom. The van der Waals surface area contributed by atoms with Crippen molar-refractivity contribution in [2.75, 3.05) is 11.2 Å². The Bertz CT molecular complexity index is 239. The van der Waals surface area contributed by atoms with E-state index in [-0.39, 0.29) is 6.04 Å². The second-order valence-electron chi connectivity index (χ2n) is 2.42. The molecule has 0 aliphatic rings. The zero-order valence-electron chi connectivity index (χ0n) is 6.59. The van der Waals surface area contributed by atoms with Crippen LogP contribution in [0.5, 0.6) is 0 Å². The van der Waals surface area contributed by atoms with Crippen LogP contribution in [-0.4, -0.2) is 21.9 Å². The molecule has 0 amide bonds. The van der Waals surface area contributed by atoms with Crippen molar-refractivity contribution in [3.63, 3.8) is 0 Å². The summed E-state index contributed by atoms with van der Waals surface area (Å²) in [7, 11) is 0. The van der Waals surface area contributed by atoms with Gasteiger partial charge in [-0.25, -0.2) is 9.97 Å². The lowest BCUT2D eigenvalue weighted by molar-refractivity contribution is 0.880. The van der Waals surface area contributed by atoms with Crippen LogP contribution in [-0.2, 0) is 0 Å². The fourth-order valence-electron chi connectivity index (χ4n) is 0.646. The SMILES string of the molecule is CC(CCl)Nc1ncc(I)cn1. The average molecular weight is 298 g/mol. The Morgan fingerprint density at radius 3 is 2.67 bits per heavy atom. The molecule has 0 saturated carbocycles. The number of rotatable bonds is 3. The zero-order valence-corrected chi connectivity index (χ0v) is 9.50. The Balaban J connectivity index is 2.58. The van der Waals surface area contributed by atoms with Crippen LogP contribution in [0.2, 0.25) is 0 Å². The van der Waals surface area contributed by atoms with E-state index in [1.165, 1.54) is 0 Å². The van der Waals surface area contributed by atoms with Crippen LogP contribution < -0.4 is 5.32 Å². The van der Waals surface area contributed by atoms with Gasteiger partial charge in [0.2, 0.25) is 5.95 Å². The highest BCUT2D eigenvalue weighted by atomic mass is 127. The van der Waals surface area contributed by atoms with E-state index < -0.39 is 0 Å². The van der Waals surface area contributed by atoms with Gasteiger partial charge in [-0.2, -0.15) is 0 Å². The highest BCUT2D eigenvalue weighted by Crippen LogP contribution is 2.04. The first-order valence-electron chi connectivity index (χ1n) is 3.52. The summed E-state index contributed by atoms with van der Waals surface area (Å²) in [6.45, 7) is 1.98. The van der Waals surface area contributed by atoms with E-state index in [9.17, 15) is 0 Å². The van der Waals surface area contributed by atoms with Gasteiger partial charge in [0.25, 0.3) is 0 Å². The van der Waals surface area contributed by atoms with Gasteiger partial charge in [0.15, 0.2) is 0 Å². The number of hydrogen-bond donors (Lipinski definition) is 1. The molecule has 66 valence electrons. The van der Waals surface area contributed by atoms with Crippen LogP contribution in [0.15, 0.2) is 12.4 Å². The molecular weight excluding hydrogens is 288 g/mol. The van der Waals surface area contributed by atoms with E-state index in [0.29, 0.717) is 11.8 Å². The maximum Gasteiger partial charge on any atom is 0.222 e. The summed E-state index contributed by atoms with van der Waals surface area (Å²) in [5.41, 5.74) is 0. The van der Waals surface area contributed by atoms with E-state index in [1.807, 2.05) is 6.92 Å². The predicted octanol–water partition coefficient (Wildman–Crippen LogP) is 2.12. The molecule has 5 heteroatoms. The number of hydrogen-bond acceptors (Lipinski definition) is 3. The minimum atomic E-state index is 0.201. The van der Waals surface area contributed by atoms with Crippen LogP contribution in [0.3, 0.4) is 0 Å². The summed E-state index contributed by atoms with van der Waals surface area (Å²) in [6, 6.07) is 0.201. The molecule has 0 saturated heterocycles. The van der Waals surface area contributed by atoms with E-state index >= 15 is 0 Å². The first-order valence-corrected chi connectivity index (χ1v) is 5.13. The number of halogens is 2. The summed E-state index contributed by atoms with van der Waals surface area (Å²) >= 11 is 7.77. The third-order valence-electron chi connectivity index (χ3n) is 1.23. The third-order valence-corrected chi connectivity index (χ3v) is 2.25. The van der Waals surface area contributed by atoms with Gasteiger partial charge in [-0.3, -0.25) is 0 Å². The Hall–Kier alpha value is -0.100. The Morgan fingerprint density at radius 1 is 1.58 bits per heavy atom. The molecule has 0 bridgehead atoms. The number of nitrogens with one attached hydrogen (secondary N) is 1. The molecule has 1 aromatic rings. The monoisotopic (exact) mass is 297 g/mol. The normalized spacial score (nSPS) is 12.6. The first-order chi connectivity index (χ1) is 5.72. The average Bonchev–Trinajstić information content (AvgIpc) is 2.09. The molecule has 0 fully saturated rings. The van der Waals surface area contributed by atoms with E-state index in [2.05, 4.69) is 37.9 Å². The van der Waals surface area contributed by atoms with Crippen molar-refractivity contribution in [1.29, 1.82) is 0 Å². The lowest BCUT2D eigenvalue weighted by Gasteiger charge is -2.08. The molecule has 0 radical (unpaired) electrons. The summed E-state index contributed by atoms with van der Waals surface area (Å²) in [6.07, 6.45) is 3.52. The standard InChI is InChI=1S/C7H9ClIN3/c1-5(2-8)12-7-10-3-6(9)4-11-7/h3-5H,2H2,1H3,(H,10,11,12). The summed E-state index contributed by atoms with van der Waals surface area (Å²) in [5.74, 6) is 1.18. The maximum atomic E-state index is 5.61. The molecule has 0 aliphatic heterocycles. The molecule has 0 aliphatic carbocycles. The van der Waals surface area contributed by atoms with Crippen molar-refractivity contribution in [1.82, 2.24) is 9.97 Å². The first kappa shape index (κ1) is 9.98. The fourth-order valence-corrected chi connectivity index (χ4v) is 1.00. The van der Waals surface area contributed by atoms with Gasteiger partial charge in [0, 0.05) is 27.9 Å². The smallest absolute Gasteiger partial charge is 0.222 e. The van der Waals surface area contributed by atoms with Gasteiger partial charge in [-0.1, -0.05) is 0 Å². The predicted molar refractivity (Wildman–Crippen MR) is 58.6 cm³/mol. The number of alkyl halides is 1. The van der Waals surface area contributed by atoms with Gasteiger partial charge in [0.1, 0.15) is 0 Å². The highest BCUT2D eigenvalue weighted by molar-refractivity contribution is 14.1. The van der Waals surface area contributed by atoms with Gasteiger partial charge in [-0.15, -0.1) is 11.6 Å². The van der Waals surface area contributed by atoms with Gasteiger partial charge in [-0.05, 0) is 29.5 Å². The van der Waals surface area contributed by atoms with Gasteiger partial charge < -0.3 is 5.32 Å². The molecule has 1 N–H and O–H groups in total. The molecule has 1 heterocycles. The number of aromatic nitrogens is 2. The molecule has 1 unspecified atom stereocenters. The molecule has 1 rings (SSSR count). The fraction of sp³-hybridized carbons (Fsp3) is 0.429. The molecule has 1 atom stereocenters. The molecule has 3 nitrogen and oxygen atoms in total. The van der Waals surface area contributed by atoms with Gasteiger partial charge >= 0.3 is 0 Å². The Kier molecular flexibility index (Phi) is 4.00. The molecule has 1 aromatic heterocycles. The minimum absolute atomic E-state index is 0.201. The van der Waals surface area contributed by atoms with Crippen molar-refractivity contribution < 1.29 is 0 Å². The second kappa shape index (κ2) is 4.81. The maximum absolute atomic E-state index is 5.61. The van der Waals surface area contributed by atoms with Gasteiger partial charge in [0.05, 0.1) is 0 Å². The molecular formula is C7H9ClIN3. The van der Waals surface area contributed by atoms with Crippen molar-refractivity contribution in [3.8, 4) is 0 Å². The largest absolute Gasteiger partial charge is 0.351 e.